The molecule has 0 aromatic carbocycles. The maximum absolute atomic E-state index is 14.1. The highest BCUT2D eigenvalue weighted by atomic mass is 16.5. The van der Waals surface area contributed by atoms with Gasteiger partial charge in [-0.3, -0.25) is 19.2 Å². The Bertz CT molecular complexity index is 1050. The SMILES string of the molecule is C=C(CC[C@@H](C)C1CCC2C3=C(C(=O)C[C@@]21C)[C@@]1(C)CCC(=O)[C@@H](C)[C@@H]1CC3OC(C)=O)[C@H](C)C(=O)O. The maximum Gasteiger partial charge on any atom is 0.310 e. The van der Waals surface area contributed by atoms with Crippen LogP contribution < -0.4 is 0 Å². The molecule has 0 aromatic heterocycles. The molecule has 0 aromatic rings. The summed E-state index contributed by atoms with van der Waals surface area (Å²) in [5.74, 6) is -0.679. The zero-order valence-electron chi connectivity index (χ0n) is 23.4. The Morgan fingerprint density at radius 1 is 1.19 bits per heavy atom. The van der Waals surface area contributed by atoms with E-state index in [0.29, 0.717) is 43.9 Å². The largest absolute Gasteiger partial charge is 0.481 e. The summed E-state index contributed by atoms with van der Waals surface area (Å²) in [4.78, 5) is 50.3. The van der Waals surface area contributed by atoms with Gasteiger partial charge in [-0.25, -0.2) is 0 Å². The molecular weight excluding hydrogens is 468 g/mol. The molecule has 2 saturated carbocycles. The van der Waals surface area contributed by atoms with Gasteiger partial charge in [0, 0.05) is 36.7 Å². The number of carboxylic acids is 1. The van der Waals surface area contributed by atoms with Crippen molar-refractivity contribution in [2.45, 2.75) is 99.0 Å². The molecule has 6 nitrogen and oxygen atoms in total. The number of esters is 1. The molecule has 0 aliphatic heterocycles. The van der Waals surface area contributed by atoms with E-state index in [2.05, 4.69) is 27.4 Å². The fourth-order valence-corrected chi connectivity index (χ4v) is 8.79. The second kappa shape index (κ2) is 9.81. The van der Waals surface area contributed by atoms with E-state index in [9.17, 15) is 24.3 Å². The summed E-state index contributed by atoms with van der Waals surface area (Å²) >= 11 is 0. The Balaban J connectivity index is 1.67. The molecular formula is C31H44O6. The molecule has 6 heteroatoms. The van der Waals surface area contributed by atoms with E-state index in [1.807, 2.05) is 6.92 Å². The van der Waals surface area contributed by atoms with Gasteiger partial charge in [0.1, 0.15) is 11.9 Å². The van der Waals surface area contributed by atoms with Crippen molar-refractivity contribution in [1.82, 2.24) is 0 Å². The van der Waals surface area contributed by atoms with Gasteiger partial charge in [-0.05, 0) is 80.1 Å². The minimum absolute atomic E-state index is 0.00326. The zero-order valence-corrected chi connectivity index (χ0v) is 23.4. The average molecular weight is 513 g/mol. The minimum Gasteiger partial charge on any atom is -0.481 e. The van der Waals surface area contributed by atoms with Crippen LogP contribution >= 0.6 is 0 Å². The summed E-state index contributed by atoms with van der Waals surface area (Å²) < 4.78 is 5.94. The van der Waals surface area contributed by atoms with Crippen LogP contribution in [0.5, 0.6) is 0 Å². The summed E-state index contributed by atoms with van der Waals surface area (Å²) in [5, 5.41) is 9.33. The number of carboxylic acid groups (broad SMARTS) is 1. The minimum atomic E-state index is -0.845. The number of carbonyl (C=O) groups is 4. The maximum atomic E-state index is 14.1. The number of hydrogen-bond donors (Lipinski definition) is 1. The highest BCUT2D eigenvalue weighted by Crippen LogP contribution is 2.65. The van der Waals surface area contributed by atoms with Crippen molar-refractivity contribution in [1.29, 1.82) is 0 Å². The topological polar surface area (TPSA) is 97.7 Å². The second-order valence-corrected chi connectivity index (χ2v) is 13.0. The van der Waals surface area contributed by atoms with Gasteiger partial charge in [-0.15, -0.1) is 0 Å². The monoisotopic (exact) mass is 512 g/mol. The highest BCUT2D eigenvalue weighted by molar-refractivity contribution is 6.00. The summed E-state index contributed by atoms with van der Waals surface area (Å²) in [6.07, 6.45) is 5.28. The lowest BCUT2D eigenvalue weighted by Gasteiger charge is -2.56. The first-order valence-corrected chi connectivity index (χ1v) is 14.1. The van der Waals surface area contributed by atoms with E-state index in [0.717, 1.165) is 36.0 Å². The number of Topliss-reactive ketones (excluding diaryl/α,β-unsaturated/α-hetero) is 2. The molecule has 0 amide bonds. The van der Waals surface area contributed by atoms with Crippen LogP contribution in [-0.4, -0.2) is 34.7 Å². The van der Waals surface area contributed by atoms with Crippen molar-refractivity contribution in [2.24, 2.45) is 46.3 Å². The number of ether oxygens (including phenoxy) is 1. The molecule has 0 bridgehead atoms. The van der Waals surface area contributed by atoms with E-state index in [-0.39, 0.29) is 46.1 Å². The number of allylic oxidation sites excluding steroid dienone is 1. The van der Waals surface area contributed by atoms with Crippen molar-refractivity contribution < 1.29 is 29.0 Å². The van der Waals surface area contributed by atoms with Crippen molar-refractivity contribution in [3.05, 3.63) is 23.3 Å². The lowest BCUT2D eigenvalue weighted by atomic mass is 9.48. The van der Waals surface area contributed by atoms with Crippen molar-refractivity contribution in [3.8, 4) is 0 Å². The quantitative estimate of drug-likeness (QED) is 0.335. The Kier molecular flexibility index (Phi) is 7.37. The van der Waals surface area contributed by atoms with Gasteiger partial charge in [-0.2, -0.15) is 0 Å². The third kappa shape index (κ3) is 4.52. The smallest absolute Gasteiger partial charge is 0.310 e. The van der Waals surface area contributed by atoms with Gasteiger partial charge in [-0.1, -0.05) is 39.8 Å². The van der Waals surface area contributed by atoms with Gasteiger partial charge in [0.2, 0.25) is 0 Å². The zero-order chi connectivity index (χ0) is 27.4. The summed E-state index contributed by atoms with van der Waals surface area (Å²) in [5.41, 5.74) is 2.08. The number of fused-ring (bicyclic) bond motifs is 4. The number of carbonyl (C=O) groups excluding carboxylic acids is 3. The number of ketones is 2. The van der Waals surface area contributed by atoms with Crippen LogP contribution in [0.2, 0.25) is 0 Å². The first-order chi connectivity index (χ1) is 17.2. The number of hydrogen-bond acceptors (Lipinski definition) is 5. The van der Waals surface area contributed by atoms with Gasteiger partial charge < -0.3 is 9.84 Å². The molecule has 4 aliphatic carbocycles. The average Bonchev–Trinajstić information content (AvgIpc) is 3.16. The van der Waals surface area contributed by atoms with Crippen LogP contribution in [0.3, 0.4) is 0 Å². The fourth-order valence-electron chi connectivity index (χ4n) is 8.79. The van der Waals surface area contributed by atoms with E-state index in [1.54, 1.807) is 6.92 Å². The van der Waals surface area contributed by atoms with Crippen LogP contribution in [0.1, 0.15) is 92.9 Å². The van der Waals surface area contributed by atoms with Gasteiger partial charge in [0.05, 0.1) is 5.92 Å². The lowest BCUT2D eigenvalue weighted by molar-refractivity contribution is -0.150. The van der Waals surface area contributed by atoms with Gasteiger partial charge in [0.15, 0.2) is 5.78 Å². The normalized spacial score (nSPS) is 38.8. The van der Waals surface area contributed by atoms with Gasteiger partial charge >= 0.3 is 11.9 Å². The molecule has 0 radical (unpaired) electrons. The molecule has 37 heavy (non-hydrogen) atoms. The summed E-state index contributed by atoms with van der Waals surface area (Å²) in [7, 11) is 0. The van der Waals surface area contributed by atoms with Crippen LogP contribution in [0, 0.1) is 46.3 Å². The van der Waals surface area contributed by atoms with E-state index in [1.165, 1.54) is 6.92 Å². The van der Waals surface area contributed by atoms with Crippen LogP contribution in [0.25, 0.3) is 0 Å². The van der Waals surface area contributed by atoms with Gasteiger partial charge in [0.25, 0.3) is 0 Å². The van der Waals surface area contributed by atoms with Crippen LogP contribution in [0.4, 0.5) is 0 Å². The molecule has 9 atom stereocenters. The molecule has 0 heterocycles. The molecule has 2 fully saturated rings. The fraction of sp³-hybridized carbons (Fsp3) is 0.742. The molecule has 0 saturated heterocycles. The number of aliphatic carboxylic acids is 1. The lowest BCUT2D eigenvalue weighted by Crippen LogP contribution is -2.54. The van der Waals surface area contributed by atoms with Crippen LogP contribution in [0.15, 0.2) is 23.3 Å². The molecule has 1 N–H and O–H groups in total. The predicted octanol–water partition coefficient (Wildman–Crippen LogP) is 5.94. The third-order valence-corrected chi connectivity index (χ3v) is 11.0. The Hall–Kier alpha value is -2.24. The third-order valence-electron chi connectivity index (χ3n) is 11.0. The Morgan fingerprint density at radius 2 is 1.86 bits per heavy atom. The summed E-state index contributed by atoms with van der Waals surface area (Å²) in [6, 6.07) is 0. The molecule has 4 rings (SSSR count). The van der Waals surface area contributed by atoms with Crippen LogP contribution in [-0.2, 0) is 23.9 Å². The van der Waals surface area contributed by atoms with Crippen molar-refractivity contribution in [2.75, 3.05) is 0 Å². The van der Waals surface area contributed by atoms with Crippen molar-refractivity contribution in [3.63, 3.8) is 0 Å². The first-order valence-electron chi connectivity index (χ1n) is 14.1. The summed E-state index contributed by atoms with van der Waals surface area (Å²) in [6.45, 7) is 15.7. The highest BCUT2D eigenvalue weighted by Gasteiger charge is 2.62. The van der Waals surface area contributed by atoms with Crippen molar-refractivity contribution >= 4 is 23.5 Å². The van der Waals surface area contributed by atoms with E-state index >= 15 is 0 Å². The predicted molar refractivity (Wildman–Crippen MR) is 140 cm³/mol. The Morgan fingerprint density at radius 3 is 2.49 bits per heavy atom. The number of rotatable bonds is 7. The Labute approximate surface area is 221 Å². The molecule has 4 aliphatic rings. The standard InChI is InChI=1S/C31H44O6/c1-16(18(3)29(35)36)8-9-17(2)21-10-11-22-27-26(37-20(5)32)14-23-19(4)24(33)12-13-30(23,6)28(27)25(34)15-31(21,22)7/h17-19,21-23,26H,1,8-15H2,2-7H3,(H,35,36)/t17-,18+,19+,21?,22?,23+,26?,30+,31-/m1/s1. The molecule has 0 spiro atoms. The van der Waals surface area contributed by atoms with E-state index < -0.39 is 18.0 Å². The molecule has 204 valence electrons. The second-order valence-electron chi connectivity index (χ2n) is 13.0. The first kappa shape index (κ1) is 27.8. The molecule has 3 unspecified atom stereocenters. The van der Waals surface area contributed by atoms with E-state index in [4.69, 9.17) is 4.74 Å².